The molecule has 1 aromatic carbocycles. The van der Waals surface area contributed by atoms with Crippen LogP contribution < -0.4 is 5.73 Å². The molecule has 0 saturated carbocycles. The number of hydrogen-bond acceptors (Lipinski definition) is 3. The highest BCUT2D eigenvalue weighted by Gasteiger charge is 2.11. The molecule has 0 saturated heterocycles. The van der Waals surface area contributed by atoms with Gasteiger partial charge in [-0.2, -0.15) is 0 Å². The summed E-state index contributed by atoms with van der Waals surface area (Å²) in [5.41, 5.74) is 9.20. The van der Waals surface area contributed by atoms with E-state index in [0.29, 0.717) is 6.54 Å². The molecule has 1 heterocycles. The molecule has 1 aromatic heterocycles. The molecule has 4 heteroatoms. The summed E-state index contributed by atoms with van der Waals surface area (Å²) < 4.78 is 1.95. The van der Waals surface area contributed by atoms with Crippen LogP contribution in [0.25, 0.3) is 11.4 Å². The quantitative estimate of drug-likeness (QED) is 0.828. The number of nitrogens with two attached hydrogens (primary N) is 1. The molecular weight excluding hydrogens is 200 g/mol. The van der Waals surface area contributed by atoms with Crippen molar-refractivity contribution in [1.82, 2.24) is 14.8 Å². The minimum absolute atomic E-state index is 0.411. The second-order valence-corrected chi connectivity index (χ2v) is 3.95. The van der Waals surface area contributed by atoms with Gasteiger partial charge in [-0.3, -0.25) is 0 Å². The van der Waals surface area contributed by atoms with E-state index in [4.69, 9.17) is 5.73 Å². The predicted molar refractivity (Wildman–Crippen MR) is 63.8 cm³/mol. The van der Waals surface area contributed by atoms with Crippen LogP contribution in [0.3, 0.4) is 0 Å². The molecule has 0 aliphatic rings. The Morgan fingerprint density at radius 1 is 1.25 bits per heavy atom. The molecule has 0 fully saturated rings. The normalized spacial score (nSPS) is 10.8. The minimum atomic E-state index is 0.411. The lowest BCUT2D eigenvalue weighted by Crippen LogP contribution is -2.05. The third-order valence-corrected chi connectivity index (χ3v) is 2.99. The van der Waals surface area contributed by atoms with Gasteiger partial charge in [0.25, 0.3) is 0 Å². The van der Waals surface area contributed by atoms with Crippen LogP contribution in [0.4, 0.5) is 0 Å². The summed E-state index contributed by atoms with van der Waals surface area (Å²) in [6.07, 6.45) is 0. The maximum atomic E-state index is 5.59. The monoisotopic (exact) mass is 216 g/mol. The van der Waals surface area contributed by atoms with E-state index in [1.165, 1.54) is 11.1 Å². The number of aryl methyl sites for hydroxylation is 1. The lowest BCUT2D eigenvalue weighted by Gasteiger charge is -2.08. The van der Waals surface area contributed by atoms with E-state index in [9.17, 15) is 0 Å². The Bertz CT molecular complexity index is 514. The smallest absolute Gasteiger partial charge is 0.164 e. The summed E-state index contributed by atoms with van der Waals surface area (Å²) in [7, 11) is 1.94. The lowest BCUT2D eigenvalue weighted by molar-refractivity contribution is 0.796. The molecule has 0 unspecified atom stereocenters. The number of nitrogens with zero attached hydrogens (tertiary/aromatic N) is 3. The van der Waals surface area contributed by atoms with Crippen LogP contribution in [0.15, 0.2) is 18.2 Å². The highest BCUT2D eigenvalue weighted by molar-refractivity contribution is 5.62. The Labute approximate surface area is 95.1 Å². The van der Waals surface area contributed by atoms with Gasteiger partial charge in [0, 0.05) is 12.6 Å². The van der Waals surface area contributed by atoms with Gasteiger partial charge >= 0.3 is 0 Å². The van der Waals surface area contributed by atoms with Crippen molar-refractivity contribution in [1.29, 1.82) is 0 Å². The van der Waals surface area contributed by atoms with E-state index in [0.717, 1.165) is 17.2 Å². The van der Waals surface area contributed by atoms with Crippen molar-refractivity contribution < 1.29 is 0 Å². The van der Waals surface area contributed by atoms with Gasteiger partial charge in [0.05, 0.1) is 6.54 Å². The molecule has 2 aromatic rings. The summed E-state index contributed by atoms with van der Waals surface area (Å²) >= 11 is 0. The first-order chi connectivity index (χ1) is 7.65. The van der Waals surface area contributed by atoms with Crippen molar-refractivity contribution in [2.75, 3.05) is 0 Å². The number of aromatic nitrogens is 3. The van der Waals surface area contributed by atoms with Crippen LogP contribution in [-0.4, -0.2) is 14.8 Å². The van der Waals surface area contributed by atoms with Crippen LogP contribution in [0, 0.1) is 13.8 Å². The van der Waals surface area contributed by atoms with Crippen LogP contribution in [0.1, 0.15) is 17.0 Å². The van der Waals surface area contributed by atoms with Gasteiger partial charge in [0.1, 0.15) is 5.82 Å². The van der Waals surface area contributed by atoms with Crippen LogP contribution in [-0.2, 0) is 13.6 Å². The van der Waals surface area contributed by atoms with Crippen molar-refractivity contribution in [3.63, 3.8) is 0 Å². The number of benzene rings is 1. The van der Waals surface area contributed by atoms with Gasteiger partial charge in [0.2, 0.25) is 0 Å². The lowest BCUT2D eigenvalue weighted by atomic mass is 10.0. The van der Waals surface area contributed by atoms with Gasteiger partial charge in [0.15, 0.2) is 5.82 Å². The first-order valence-corrected chi connectivity index (χ1v) is 5.30. The van der Waals surface area contributed by atoms with Crippen LogP contribution >= 0.6 is 0 Å². The van der Waals surface area contributed by atoms with Crippen LogP contribution in [0.5, 0.6) is 0 Å². The zero-order valence-corrected chi connectivity index (χ0v) is 9.86. The summed E-state index contributed by atoms with van der Waals surface area (Å²) in [5.74, 6) is 1.68. The molecule has 0 atom stereocenters. The zero-order valence-electron chi connectivity index (χ0n) is 9.86. The van der Waals surface area contributed by atoms with Crippen molar-refractivity contribution in [2.24, 2.45) is 12.8 Å². The molecule has 2 N–H and O–H groups in total. The number of hydrogen-bond donors (Lipinski definition) is 1. The second-order valence-electron chi connectivity index (χ2n) is 3.95. The van der Waals surface area contributed by atoms with Gasteiger partial charge in [-0.05, 0) is 25.0 Å². The fourth-order valence-corrected chi connectivity index (χ4v) is 1.77. The Morgan fingerprint density at radius 3 is 2.62 bits per heavy atom. The molecular formula is C12H16N4. The van der Waals surface area contributed by atoms with Crippen LogP contribution in [0.2, 0.25) is 0 Å². The van der Waals surface area contributed by atoms with Crippen molar-refractivity contribution in [2.45, 2.75) is 20.4 Å². The number of rotatable bonds is 2. The van der Waals surface area contributed by atoms with Gasteiger partial charge < -0.3 is 10.3 Å². The maximum absolute atomic E-state index is 5.59. The summed E-state index contributed by atoms with van der Waals surface area (Å²) in [6, 6.07) is 6.19. The van der Waals surface area contributed by atoms with Gasteiger partial charge in [-0.1, -0.05) is 18.2 Å². The van der Waals surface area contributed by atoms with E-state index < -0.39 is 0 Å². The topological polar surface area (TPSA) is 56.7 Å². The largest absolute Gasteiger partial charge is 0.324 e. The van der Waals surface area contributed by atoms with Gasteiger partial charge in [-0.15, -0.1) is 10.2 Å². The average Bonchev–Trinajstić information content (AvgIpc) is 2.64. The molecule has 0 radical (unpaired) electrons. The predicted octanol–water partition coefficient (Wildman–Crippen LogP) is 1.56. The highest BCUT2D eigenvalue weighted by atomic mass is 15.3. The Balaban J connectivity index is 2.59. The SMILES string of the molecule is Cc1cccc(-c2nnc(CN)n2C)c1C. The third-order valence-electron chi connectivity index (χ3n) is 2.99. The molecule has 2 rings (SSSR count). The standard InChI is InChI=1S/C12H16N4/c1-8-5-4-6-10(9(8)2)12-15-14-11(7-13)16(12)3/h4-6H,7,13H2,1-3H3. The molecule has 84 valence electrons. The fourth-order valence-electron chi connectivity index (χ4n) is 1.77. The van der Waals surface area contributed by atoms with E-state index >= 15 is 0 Å². The van der Waals surface area contributed by atoms with E-state index in [1.54, 1.807) is 0 Å². The molecule has 0 amide bonds. The van der Waals surface area contributed by atoms with Crippen molar-refractivity contribution in [3.05, 3.63) is 35.2 Å². The Kier molecular flexibility index (Phi) is 2.75. The average molecular weight is 216 g/mol. The first kappa shape index (κ1) is 10.8. The highest BCUT2D eigenvalue weighted by Crippen LogP contribution is 2.23. The summed E-state index contributed by atoms with van der Waals surface area (Å²) in [6.45, 7) is 4.61. The second kappa shape index (κ2) is 4.06. The molecule has 16 heavy (non-hydrogen) atoms. The third kappa shape index (κ3) is 1.61. The zero-order chi connectivity index (χ0) is 11.7. The molecule has 0 spiro atoms. The maximum Gasteiger partial charge on any atom is 0.164 e. The fraction of sp³-hybridized carbons (Fsp3) is 0.333. The Hall–Kier alpha value is -1.68. The molecule has 4 nitrogen and oxygen atoms in total. The van der Waals surface area contributed by atoms with Crippen molar-refractivity contribution >= 4 is 0 Å². The van der Waals surface area contributed by atoms with Crippen molar-refractivity contribution in [3.8, 4) is 11.4 Å². The van der Waals surface area contributed by atoms with E-state index in [-0.39, 0.29) is 0 Å². The van der Waals surface area contributed by atoms with Gasteiger partial charge in [-0.25, -0.2) is 0 Å². The molecule has 0 bridgehead atoms. The molecule has 0 aliphatic heterocycles. The molecule has 0 aliphatic carbocycles. The summed E-state index contributed by atoms with van der Waals surface area (Å²) in [5, 5.41) is 8.26. The van der Waals surface area contributed by atoms with E-state index in [2.05, 4.69) is 36.2 Å². The minimum Gasteiger partial charge on any atom is -0.324 e. The Morgan fingerprint density at radius 2 is 2.00 bits per heavy atom. The van der Waals surface area contributed by atoms with E-state index in [1.807, 2.05) is 17.7 Å². The summed E-state index contributed by atoms with van der Waals surface area (Å²) in [4.78, 5) is 0. The first-order valence-electron chi connectivity index (χ1n) is 5.30.